The number of nitrogens with zero attached hydrogens (tertiary/aromatic N) is 3. The van der Waals surface area contributed by atoms with Crippen molar-refractivity contribution in [3.63, 3.8) is 0 Å². The van der Waals surface area contributed by atoms with Gasteiger partial charge in [0.15, 0.2) is 0 Å². The molecular formula is C15H17N3O2. The van der Waals surface area contributed by atoms with Gasteiger partial charge in [-0.1, -0.05) is 18.2 Å². The normalized spacial score (nSPS) is 19.1. The fourth-order valence-electron chi connectivity index (χ4n) is 2.35. The lowest BCUT2D eigenvalue weighted by atomic mass is 10.2. The standard InChI is InChI=1S/C15H17N3O2/c1-12-11-20-8-7-17(12)15(19)13-9-16-18(10-13)14-5-3-2-4-6-14/h2-6,9-10,12H,7-8,11H2,1H3. The second kappa shape index (κ2) is 5.46. The van der Waals surface area contributed by atoms with E-state index in [0.29, 0.717) is 25.3 Å². The van der Waals surface area contributed by atoms with Crippen molar-refractivity contribution in [1.82, 2.24) is 14.7 Å². The second-order valence-corrected chi connectivity index (χ2v) is 4.93. The maximum absolute atomic E-state index is 12.5. The summed E-state index contributed by atoms with van der Waals surface area (Å²) in [6.07, 6.45) is 3.40. The van der Waals surface area contributed by atoms with E-state index in [-0.39, 0.29) is 11.9 Å². The minimum absolute atomic E-state index is 0.0166. The van der Waals surface area contributed by atoms with Crippen molar-refractivity contribution in [2.45, 2.75) is 13.0 Å². The minimum atomic E-state index is 0.0166. The van der Waals surface area contributed by atoms with Crippen molar-refractivity contribution in [3.05, 3.63) is 48.3 Å². The van der Waals surface area contributed by atoms with Crippen LogP contribution in [0.5, 0.6) is 0 Å². The first-order chi connectivity index (χ1) is 9.75. The van der Waals surface area contributed by atoms with Crippen molar-refractivity contribution in [2.24, 2.45) is 0 Å². The molecule has 1 aliphatic rings. The molecule has 0 saturated carbocycles. The Morgan fingerprint density at radius 2 is 2.15 bits per heavy atom. The van der Waals surface area contributed by atoms with Gasteiger partial charge in [-0.05, 0) is 19.1 Å². The lowest BCUT2D eigenvalue weighted by Gasteiger charge is -2.32. The largest absolute Gasteiger partial charge is 0.377 e. The Labute approximate surface area is 117 Å². The quantitative estimate of drug-likeness (QED) is 0.835. The van der Waals surface area contributed by atoms with E-state index < -0.39 is 0 Å². The molecule has 104 valence electrons. The number of ether oxygens (including phenoxy) is 1. The Morgan fingerprint density at radius 1 is 1.35 bits per heavy atom. The number of hydrogen-bond donors (Lipinski definition) is 0. The molecular weight excluding hydrogens is 254 g/mol. The molecule has 5 nitrogen and oxygen atoms in total. The number of benzene rings is 1. The number of hydrogen-bond acceptors (Lipinski definition) is 3. The predicted molar refractivity (Wildman–Crippen MR) is 74.9 cm³/mol. The third kappa shape index (κ3) is 2.44. The Hall–Kier alpha value is -2.14. The smallest absolute Gasteiger partial charge is 0.257 e. The van der Waals surface area contributed by atoms with E-state index in [0.717, 1.165) is 5.69 Å². The molecule has 3 rings (SSSR count). The van der Waals surface area contributed by atoms with Gasteiger partial charge in [-0.15, -0.1) is 0 Å². The fourth-order valence-corrected chi connectivity index (χ4v) is 2.35. The summed E-state index contributed by atoms with van der Waals surface area (Å²) in [5.41, 5.74) is 1.56. The zero-order valence-corrected chi connectivity index (χ0v) is 11.4. The summed E-state index contributed by atoms with van der Waals surface area (Å²) in [6.45, 7) is 3.83. The van der Waals surface area contributed by atoms with Gasteiger partial charge in [0.05, 0.1) is 36.7 Å². The molecule has 1 saturated heterocycles. The summed E-state index contributed by atoms with van der Waals surface area (Å²) in [5, 5.41) is 4.27. The molecule has 2 heterocycles. The van der Waals surface area contributed by atoms with Gasteiger partial charge in [0.25, 0.3) is 5.91 Å². The average molecular weight is 271 g/mol. The van der Waals surface area contributed by atoms with Crippen molar-refractivity contribution in [2.75, 3.05) is 19.8 Å². The molecule has 0 bridgehead atoms. The summed E-state index contributed by atoms with van der Waals surface area (Å²) >= 11 is 0. The van der Waals surface area contributed by atoms with Gasteiger partial charge in [0.2, 0.25) is 0 Å². The van der Waals surface area contributed by atoms with Crippen molar-refractivity contribution < 1.29 is 9.53 Å². The Bertz CT molecular complexity index is 594. The van der Waals surface area contributed by atoms with Crippen LogP contribution in [0.3, 0.4) is 0 Å². The number of carbonyl (C=O) groups is 1. The number of carbonyl (C=O) groups excluding carboxylic acids is 1. The lowest BCUT2D eigenvalue weighted by Crippen LogP contribution is -2.47. The van der Waals surface area contributed by atoms with Crippen molar-refractivity contribution in [3.8, 4) is 5.69 Å². The Balaban J connectivity index is 1.81. The predicted octanol–water partition coefficient (Wildman–Crippen LogP) is 1.73. The van der Waals surface area contributed by atoms with E-state index in [4.69, 9.17) is 4.74 Å². The van der Waals surface area contributed by atoms with Crippen LogP contribution in [-0.4, -0.2) is 46.4 Å². The number of aromatic nitrogens is 2. The van der Waals surface area contributed by atoms with Gasteiger partial charge in [0, 0.05) is 12.7 Å². The monoisotopic (exact) mass is 271 g/mol. The third-order valence-corrected chi connectivity index (χ3v) is 3.48. The molecule has 5 heteroatoms. The zero-order valence-electron chi connectivity index (χ0n) is 11.4. The summed E-state index contributed by atoms with van der Waals surface area (Å²) in [5.74, 6) is 0.0166. The van der Waals surface area contributed by atoms with Crippen molar-refractivity contribution in [1.29, 1.82) is 0 Å². The van der Waals surface area contributed by atoms with Gasteiger partial charge in [-0.3, -0.25) is 4.79 Å². The van der Waals surface area contributed by atoms with Gasteiger partial charge in [-0.25, -0.2) is 4.68 Å². The number of rotatable bonds is 2. The van der Waals surface area contributed by atoms with Crippen LogP contribution in [0.1, 0.15) is 17.3 Å². The van der Waals surface area contributed by atoms with E-state index >= 15 is 0 Å². The van der Waals surface area contributed by atoms with Crippen LogP contribution in [0.2, 0.25) is 0 Å². The van der Waals surface area contributed by atoms with Gasteiger partial charge in [-0.2, -0.15) is 5.10 Å². The van der Waals surface area contributed by atoms with Crippen LogP contribution in [0, 0.1) is 0 Å². The van der Waals surface area contributed by atoms with Gasteiger partial charge >= 0.3 is 0 Å². The van der Waals surface area contributed by atoms with Crippen LogP contribution in [0.4, 0.5) is 0 Å². The SMILES string of the molecule is CC1COCCN1C(=O)c1cnn(-c2ccccc2)c1. The highest BCUT2D eigenvalue weighted by Crippen LogP contribution is 2.13. The maximum atomic E-state index is 12.5. The van der Waals surface area contributed by atoms with Crippen LogP contribution in [0.15, 0.2) is 42.7 Å². The summed E-state index contributed by atoms with van der Waals surface area (Å²) in [6, 6.07) is 9.87. The van der Waals surface area contributed by atoms with Crippen LogP contribution < -0.4 is 0 Å². The molecule has 1 amide bonds. The molecule has 2 aromatic rings. The summed E-state index contributed by atoms with van der Waals surface area (Å²) in [7, 11) is 0. The van der Waals surface area contributed by atoms with Gasteiger partial charge < -0.3 is 9.64 Å². The molecule has 1 aromatic carbocycles. The van der Waals surface area contributed by atoms with Crippen molar-refractivity contribution >= 4 is 5.91 Å². The summed E-state index contributed by atoms with van der Waals surface area (Å²) in [4.78, 5) is 14.3. The first-order valence-electron chi connectivity index (χ1n) is 6.74. The Kier molecular flexibility index (Phi) is 3.52. The molecule has 1 fully saturated rings. The molecule has 0 spiro atoms. The molecule has 0 aliphatic carbocycles. The van der Waals surface area contributed by atoms with Crippen LogP contribution >= 0.6 is 0 Å². The molecule has 1 unspecified atom stereocenters. The molecule has 0 radical (unpaired) electrons. The van der Waals surface area contributed by atoms with Crippen LogP contribution in [0.25, 0.3) is 5.69 Å². The molecule has 1 atom stereocenters. The van der Waals surface area contributed by atoms with E-state index in [1.54, 1.807) is 17.1 Å². The molecule has 20 heavy (non-hydrogen) atoms. The molecule has 1 aliphatic heterocycles. The number of para-hydroxylation sites is 1. The van der Waals surface area contributed by atoms with E-state index in [2.05, 4.69) is 5.10 Å². The second-order valence-electron chi connectivity index (χ2n) is 4.93. The summed E-state index contributed by atoms with van der Waals surface area (Å²) < 4.78 is 7.08. The number of morpholine rings is 1. The maximum Gasteiger partial charge on any atom is 0.257 e. The van der Waals surface area contributed by atoms with E-state index in [1.807, 2.05) is 42.2 Å². The third-order valence-electron chi connectivity index (χ3n) is 3.48. The first-order valence-corrected chi connectivity index (χ1v) is 6.74. The van der Waals surface area contributed by atoms with E-state index in [1.165, 1.54) is 0 Å². The highest BCUT2D eigenvalue weighted by molar-refractivity contribution is 5.94. The lowest BCUT2D eigenvalue weighted by molar-refractivity contribution is 0.00359. The topological polar surface area (TPSA) is 47.4 Å². The highest BCUT2D eigenvalue weighted by Gasteiger charge is 2.25. The number of amides is 1. The average Bonchev–Trinajstić information content (AvgIpc) is 2.98. The zero-order chi connectivity index (χ0) is 13.9. The highest BCUT2D eigenvalue weighted by atomic mass is 16.5. The van der Waals surface area contributed by atoms with E-state index in [9.17, 15) is 4.79 Å². The Morgan fingerprint density at radius 3 is 2.90 bits per heavy atom. The van der Waals surface area contributed by atoms with Crippen LogP contribution in [-0.2, 0) is 4.74 Å². The minimum Gasteiger partial charge on any atom is -0.377 e. The van der Waals surface area contributed by atoms with Gasteiger partial charge in [0.1, 0.15) is 0 Å². The molecule has 1 aromatic heterocycles. The fraction of sp³-hybridized carbons (Fsp3) is 0.333. The first kappa shape index (κ1) is 12.9. The molecule has 0 N–H and O–H groups in total.